The van der Waals surface area contributed by atoms with Gasteiger partial charge in [-0.1, -0.05) is 22.0 Å². The van der Waals surface area contributed by atoms with Gasteiger partial charge in [-0.25, -0.2) is 0 Å². The first-order chi connectivity index (χ1) is 8.54. The number of benzene rings is 1. The molecule has 0 saturated heterocycles. The van der Waals surface area contributed by atoms with Gasteiger partial charge in [0.2, 0.25) is 5.91 Å². The van der Waals surface area contributed by atoms with Crippen molar-refractivity contribution in [2.45, 2.75) is 25.8 Å². The third kappa shape index (κ3) is 4.76. The van der Waals surface area contributed by atoms with Crippen molar-refractivity contribution >= 4 is 27.5 Å². The summed E-state index contributed by atoms with van der Waals surface area (Å²) in [6.07, 6.45) is 1.40. The molecule has 1 aromatic rings. The quantitative estimate of drug-likeness (QED) is 0.793. The first-order valence-corrected chi connectivity index (χ1v) is 6.65. The summed E-state index contributed by atoms with van der Waals surface area (Å²) in [7, 11) is 1.64. The Morgan fingerprint density at radius 3 is 2.94 bits per heavy atom. The van der Waals surface area contributed by atoms with Gasteiger partial charge in [-0.3, -0.25) is 4.79 Å². The fourth-order valence-electron chi connectivity index (χ4n) is 1.53. The van der Waals surface area contributed by atoms with Crippen LogP contribution in [0.25, 0.3) is 0 Å². The zero-order valence-corrected chi connectivity index (χ0v) is 12.3. The monoisotopic (exact) mass is 314 g/mol. The van der Waals surface area contributed by atoms with Crippen LogP contribution in [0.5, 0.6) is 0 Å². The van der Waals surface area contributed by atoms with Crippen LogP contribution in [0.4, 0.5) is 5.69 Å². The average molecular weight is 315 g/mol. The number of amides is 1. The molecule has 1 aromatic carbocycles. The number of anilines is 1. The fourth-order valence-corrected chi connectivity index (χ4v) is 1.89. The molecular formula is C13H19BrN2O2. The molecule has 100 valence electrons. The van der Waals surface area contributed by atoms with E-state index >= 15 is 0 Å². The Morgan fingerprint density at radius 1 is 1.56 bits per heavy atom. The largest absolute Gasteiger partial charge is 0.385 e. The normalized spacial score (nSPS) is 12.2. The van der Waals surface area contributed by atoms with E-state index in [0.717, 1.165) is 22.1 Å². The van der Waals surface area contributed by atoms with E-state index in [9.17, 15) is 4.79 Å². The van der Waals surface area contributed by atoms with Gasteiger partial charge in [-0.05, 0) is 37.5 Å². The van der Waals surface area contributed by atoms with Crippen molar-refractivity contribution in [3.05, 3.63) is 28.2 Å². The molecule has 3 N–H and O–H groups in total. The van der Waals surface area contributed by atoms with Gasteiger partial charge in [0.1, 0.15) is 0 Å². The standard InChI is InChI=1S/C13H19BrN2O2/c1-9-5-6-10(14)8-12(9)16-13(17)11(15)4-3-7-18-2/h5-6,8,11H,3-4,7,15H2,1-2H3,(H,16,17). The minimum absolute atomic E-state index is 0.160. The number of ether oxygens (including phenoxy) is 1. The van der Waals surface area contributed by atoms with Crippen LogP contribution in [0.3, 0.4) is 0 Å². The molecule has 0 fully saturated rings. The molecule has 0 aliphatic rings. The maximum atomic E-state index is 11.9. The van der Waals surface area contributed by atoms with E-state index in [1.54, 1.807) is 7.11 Å². The summed E-state index contributed by atoms with van der Waals surface area (Å²) in [5.41, 5.74) is 7.61. The highest BCUT2D eigenvalue weighted by Gasteiger charge is 2.14. The highest BCUT2D eigenvalue weighted by Crippen LogP contribution is 2.20. The zero-order chi connectivity index (χ0) is 13.5. The Balaban J connectivity index is 2.55. The molecule has 0 aromatic heterocycles. The van der Waals surface area contributed by atoms with Crippen molar-refractivity contribution in [1.29, 1.82) is 0 Å². The Morgan fingerprint density at radius 2 is 2.28 bits per heavy atom. The number of rotatable bonds is 6. The first-order valence-electron chi connectivity index (χ1n) is 5.86. The second-order valence-electron chi connectivity index (χ2n) is 4.19. The van der Waals surface area contributed by atoms with Crippen LogP contribution in [0, 0.1) is 6.92 Å². The van der Waals surface area contributed by atoms with E-state index in [4.69, 9.17) is 10.5 Å². The summed E-state index contributed by atoms with van der Waals surface area (Å²) in [6, 6.07) is 5.24. The predicted molar refractivity (Wildman–Crippen MR) is 76.6 cm³/mol. The topological polar surface area (TPSA) is 64.3 Å². The SMILES string of the molecule is COCCCC(N)C(=O)Nc1cc(Br)ccc1C. The third-order valence-corrected chi connectivity index (χ3v) is 3.15. The summed E-state index contributed by atoms with van der Waals surface area (Å²) < 4.78 is 5.86. The molecule has 0 aliphatic carbocycles. The van der Waals surface area contributed by atoms with Gasteiger partial charge in [-0.15, -0.1) is 0 Å². The molecule has 0 heterocycles. The Kier molecular flexibility index (Phi) is 6.32. The van der Waals surface area contributed by atoms with Gasteiger partial charge in [-0.2, -0.15) is 0 Å². The van der Waals surface area contributed by atoms with Crippen LogP contribution in [0.15, 0.2) is 22.7 Å². The smallest absolute Gasteiger partial charge is 0.241 e. The molecule has 0 spiro atoms. The van der Waals surface area contributed by atoms with Crippen molar-refractivity contribution in [3.63, 3.8) is 0 Å². The lowest BCUT2D eigenvalue weighted by Gasteiger charge is -2.13. The molecule has 18 heavy (non-hydrogen) atoms. The van der Waals surface area contributed by atoms with Crippen LogP contribution in [0.1, 0.15) is 18.4 Å². The maximum absolute atomic E-state index is 11.9. The molecule has 1 unspecified atom stereocenters. The number of hydrogen-bond acceptors (Lipinski definition) is 3. The van der Waals surface area contributed by atoms with Gasteiger partial charge in [0.25, 0.3) is 0 Å². The van der Waals surface area contributed by atoms with Crippen molar-refractivity contribution in [3.8, 4) is 0 Å². The van der Waals surface area contributed by atoms with E-state index < -0.39 is 6.04 Å². The summed E-state index contributed by atoms with van der Waals surface area (Å²) in [4.78, 5) is 11.9. The second-order valence-corrected chi connectivity index (χ2v) is 5.11. The number of methoxy groups -OCH3 is 1. The summed E-state index contributed by atoms with van der Waals surface area (Å²) in [5, 5.41) is 2.84. The zero-order valence-electron chi connectivity index (χ0n) is 10.7. The molecule has 0 radical (unpaired) electrons. The Bertz CT molecular complexity index is 410. The van der Waals surface area contributed by atoms with E-state index in [1.807, 2.05) is 25.1 Å². The van der Waals surface area contributed by atoms with E-state index in [0.29, 0.717) is 13.0 Å². The van der Waals surface area contributed by atoms with Crippen molar-refractivity contribution < 1.29 is 9.53 Å². The Hall–Kier alpha value is -0.910. The molecular weight excluding hydrogens is 296 g/mol. The molecule has 1 rings (SSSR count). The lowest BCUT2D eigenvalue weighted by Crippen LogP contribution is -2.35. The van der Waals surface area contributed by atoms with Crippen molar-refractivity contribution in [1.82, 2.24) is 0 Å². The number of nitrogens with one attached hydrogen (secondary N) is 1. The Labute approximate surface area is 116 Å². The fraction of sp³-hybridized carbons (Fsp3) is 0.462. The molecule has 0 saturated carbocycles. The summed E-state index contributed by atoms with van der Waals surface area (Å²) >= 11 is 3.38. The summed E-state index contributed by atoms with van der Waals surface area (Å²) in [6.45, 7) is 2.56. The molecule has 4 nitrogen and oxygen atoms in total. The lowest BCUT2D eigenvalue weighted by atomic mass is 10.1. The van der Waals surface area contributed by atoms with Crippen LogP contribution < -0.4 is 11.1 Å². The van der Waals surface area contributed by atoms with Gasteiger partial charge in [0.15, 0.2) is 0 Å². The van der Waals surface area contributed by atoms with Crippen molar-refractivity contribution in [2.75, 3.05) is 19.0 Å². The van der Waals surface area contributed by atoms with Gasteiger partial charge in [0, 0.05) is 23.9 Å². The van der Waals surface area contributed by atoms with Crippen LogP contribution >= 0.6 is 15.9 Å². The minimum atomic E-state index is -0.501. The van der Waals surface area contributed by atoms with Gasteiger partial charge < -0.3 is 15.8 Å². The lowest BCUT2D eigenvalue weighted by molar-refractivity contribution is -0.117. The molecule has 0 aliphatic heterocycles. The third-order valence-electron chi connectivity index (χ3n) is 2.66. The van der Waals surface area contributed by atoms with E-state index in [-0.39, 0.29) is 5.91 Å². The van der Waals surface area contributed by atoms with E-state index in [1.165, 1.54) is 0 Å². The highest BCUT2D eigenvalue weighted by atomic mass is 79.9. The number of carbonyl (C=O) groups excluding carboxylic acids is 1. The van der Waals surface area contributed by atoms with Gasteiger partial charge in [0.05, 0.1) is 6.04 Å². The number of aryl methyl sites for hydroxylation is 1. The van der Waals surface area contributed by atoms with Crippen molar-refractivity contribution in [2.24, 2.45) is 5.73 Å². The number of nitrogens with two attached hydrogens (primary N) is 1. The number of halogens is 1. The molecule has 1 atom stereocenters. The molecule has 1 amide bonds. The summed E-state index contributed by atoms with van der Waals surface area (Å²) in [5.74, 6) is -0.160. The number of carbonyl (C=O) groups is 1. The molecule has 0 bridgehead atoms. The van der Waals surface area contributed by atoms with Crippen LogP contribution in [0.2, 0.25) is 0 Å². The predicted octanol–water partition coefficient (Wildman–Crippen LogP) is 2.45. The molecule has 5 heteroatoms. The van der Waals surface area contributed by atoms with Crippen LogP contribution in [-0.2, 0) is 9.53 Å². The van der Waals surface area contributed by atoms with E-state index in [2.05, 4.69) is 21.2 Å². The second kappa shape index (κ2) is 7.51. The minimum Gasteiger partial charge on any atom is -0.385 e. The van der Waals surface area contributed by atoms with Gasteiger partial charge >= 0.3 is 0 Å². The number of hydrogen-bond donors (Lipinski definition) is 2. The first kappa shape index (κ1) is 15.1. The van der Waals surface area contributed by atoms with Crippen LogP contribution in [-0.4, -0.2) is 25.7 Å². The highest BCUT2D eigenvalue weighted by molar-refractivity contribution is 9.10. The average Bonchev–Trinajstić information content (AvgIpc) is 2.34. The maximum Gasteiger partial charge on any atom is 0.241 e.